The number of carbonyl (C=O) groups excluding carboxylic acids is 1. The second-order valence-corrected chi connectivity index (χ2v) is 5.84. The molecule has 3 rings (SSSR count). The van der Waals surface area contributed by atoms with E-state index in [0.717, 1.165) is 30.0 Å². The Balaban J connectivity index is 0.00000161. The highest BCUT2D eigenvalue weighted by molar-refractivity contribution is 7.09. The van der Waals surface area contributed by atoms with Crippen molar-refractivity contribution in [1.82, 2.24) is 20.5 Å². The van der Waals surface area contributed by atoms with Gasteiger partial charge in [-0.25, -0.2) is 4.98 Å². The molecule has 1 aliphatic rings. The number of halogens is 1. The fourth-order valence-electron chi connectivity index (χ4n) is 2.49. The number of nitrogens with zero attached hydrogens (tertiary/aromatic N) is 2. The summed E-state index contributed by atoms with van der Waals surface area (Å²) >= 11 is 1.48. The first kappa shape index (κ1) is 15.9. The number of H-pyrrole nitrogens is 1. The molecule has 2 aromatic rings. The summed E-state index contributed by atoms with van der Waals surface area (Å²) in [5.41, 5.74) is 8.20. The Labute approximate surface area is 132 Å². The van der Waals surface area contributed by atoms with Gasteiger partial charge in [0.2, 0.25) is 0 Å². The van der Waals surface area contributed by atoms with Crippen molar-refractivity contribution in [1.29, 1.82) is 0 Å². The minimum Gasteiger partial charge on any atom is -0.342 e. The lowest BCUT2D eigenvalue weighted by atomic mass is 9.93. The van der Waals surface area contributed by atoms with Crippen LogP contribution in [0.15, 0.2) is 11.6 Å². The normalized spacial score (nSPS) is 16.9. The van der Waals surface area contributed by atoms with Crippen LogP contribution in [0.25, 0.3) is 0 Å². The van der Waals surface area contributed by atoms with Crippen LogP contribution in [-0.4, -0.2) is 27.6 Å². The molecule has 114 valence electrons. The zero-order valence-electron chi connectivity index (χ0n) is 11.5. The Morgan fingerprint density at radius 1 is 1.57 bits per heavy atom. The zero-order chi connectivity index (χ0) is 13.9. The number of amides is 1. The van der Waals surface area contributed by atoms with Crippen LogP contribution in [0.5, 0.6) is 0 Å². The van der Waals surface area contributed by atoms with Gasteiger partial charge in [0.25, 0.3) is 5.91 Å². The van der Waals surface area contributed by atoms with Crippen LogP contribution in [0.2, 0.25) is 0 Å². The quantitative estimate of drug-likeness (QED) is 0.794. The van der Waals surface area contributed by atoms with Crippen molar-refractivity contribution in [2.24, 2.45) is 5.73 Å². The summed E-state index contributed by atoms with van der Waals surface area (Å²) in [5.74, 6) is -0.128. The molecule has 2 heterocycles. The van der Waals surface area contributed by atoms with Gasteiger partial charge in [-0.15, -0.1) is 23.7 Å². The summed E-state index contributed by atoms with van der Waals surface area (Å²) in [6.45, 7) is 0.550. The molecular weight excluding hydrogens is 310 g/mol. The molecule has 4 N–H and O–H groups in total. The number of rotatable bonds is 4. The summed E-state index contributed by atoms with van der Waals surface area (Å²) < 4.78 is 0. The topological polar surface area (TPSA) is 96.7 Å². The molecule has 0 saturated heterocycles. The summed E-state index contributed by atoms with van der Waals surface area (Å²) in [6, 6.07) is 0.00779. The van der Waals surface area contributed by atoms with E-state index in [9.17, 15) is 4.79 Å². The lowest BCUT2D eigenvalue weighted by molar-refractivity contribution is 0.0927. The SMILES string of the molecule is Cl.NCCc1nc(C(=O)NC2CCCc3cn[nH]c32)cs1. The van der Waals surface area contributed by atoms with Gasteiger partial charge in [-0.05, 0) is 31.4 Å². The van der Waals surface area contributed by atoms with E-state index in [1.807, 2.05) is 6.20 Å². The van der Waals surface area contributed by atoms with E-state index in [2.05, 4.69) is 20.5 Å². The minimum absolute atomic E-state index is 0. The van der Waals surface area contributed by atoms with E-state index in [4.69, 9.17) is 5.73 Å². The molecule has 21 heavy (non-hydrogen) atoms. The number of hydrogen-bond donors (Lipinski definition) is 3. The third-order valence-corrected chi connectivity index (χ3v) is 4.40. The Morgan fingerprint density at radius 3 is 3.24 bits per heavy atom. The molecule has 6 nitrogen and oxygen atoms in total. The first-order chi connectivity index (χ1) is 9.78. The van der Waals surface area contributed by atoms with Crippen LogP contribution in [0.1, 0.15) is 45.6 Å². The monoisotopic (exact) mass is 327 g/mol. The predicted octanol–water partition coefficient (Wildman–Crippen LogP) is 1.60. The van der Waals surface area contributed by atoms with Gasteiger partial charge in [0.05, 0.1) is 22.9 Å². The van der Waals surface area contributed by atoms with Crippen molar-refractivity contribution in [3.8, 4) is 0 Å². The second-order valence-electron chi connectivity index (χ2n) is 4.89. The molecule has 8 heteroatoms. The van der Waals surface area contributed by atoms with Crippen molar-refractivity contribution in [2.75, 3.05) is 6.54 Å². The highest BCUT2D eigenvalue weighted by Gasteiger charge is 2.24. The fourth-order valence-corrected chi connectivity index (χ4v) is 3.29. The molecule has 1 atom stereocenters. The van der Waals surface area contributed by atoms with Gasteiger partial charge >= 0.3 is 0 Å². The summed E-state index contributed by atoms with van der Waals surface area (Å²) in [5, 5.41) is 12.8. The van der Waals surface area contributed by atoms with Gasteiger partial charge in [0, 0.05) is 11.8 Å². The number of nitrogens with two attached hydrogens (primary N) is 1. The predicted molar refractivity (Wildman–Crippen MR) is 83.9 cm³/mol. The van der Waals surface area contributed by atoms with E-state index in [0.29, 0.717) is 18.7 Å². The molecular formula is C13H18ClN5OS. The molecule has 0 fully saturated rings. The summed E-state index contributed by atoms with van der Waals surface area (Å²) in [7, 11) is 0. The molecule has 2 aromatic heterocycles. The molecule has 0 radical (unpaired) electrons. The van der Waals surface area contributed by atoms with Gasteiger partial charge in [-0.3, -0.25) is 9.89 Å². The minimum atomic E-state index is -0.128. The first-order valence-corrected chi connectivity index (χ1v) is 7.63. The number of fused-ring (bicyclic) bond motifs is 1. The fraction of sp³-hybridized carbons (Fsp3) is 0.462. The van der Waals surface area contributed by atoms with E-state index in [1.165, 1.54) is 16.9 Å². The number of thiazole rings is 1. The maximum absolute atomic E-state index is 12.2. The zero-order valence-corrected chi connectivity index (χ0v) is 13.1. The molecule has 1 unspecified atom stereocenters. The van der Waals surface area contributed by atoms with Gasteiger partial charge in [0.1, 0.15) is 5.69 Å². The molecule has 1 aliphatic carbocycles. The second kappa shape index (κ2) is 7.02. The van der Waals surface area contributed by atoms with Crippen LogP contribution in [0.4, 0.5) is 0 Å². The van der Waals surface area contributed by atoms with E-state index < -0.39 is 0 Å². The van der Waals surface area contributed by atoms with Crippen molar-refractivity contribution in [3.63, 3.8) is 0 Å². The Morgan fingerprint density at radius 2 is 2.43 bits per heavy atom. The molecule has 0 spiro atoms. The van der Waals surface area contributed by atoms with Gasteiger partial charge in [-0.2, -0.15) is 5.10 Å². The standard InChI is InChI=1S/C13H17N5OS.ClH/c14-5-4-11-16-10(7-20-11)13(19)17-9-3-1-2-8-6-15-18-12(8)9;/h6-7,9H,1-5,14H2,(H,15,18)(H,17,19);1H. The van der Waals surface area contributed by atoms with E-state index in [-0.39, 0.29) is 24.4 Å². The third kappa shape index (κ3) is 3.42. The van der Waals surface area contributed by atoms with E-state index >= 15 is 0 Å². The average molecular weight is 328 g/mol. The molecule has 0 aliphatic heterocycles. The summed E-state index contributed by atoms with van der Waals surface area (Å²) in [6.07, 6.45) is 5.57. The first-order valence-electron chi connectivity index (χ1n) is 6.75. The maximum atomic E-state index is 12.2. The Bertz CT molecular complexity index is 611. The Kier molecular flexibility index (Phi) is 5.33. The number of carbonyl (C=O) groups is 1. The maximum Gasteiger partial charge on any atom is 0.271 e. The molecule has 0 bridgehead atoms. The van der Waals surface area contributed by atoms with Gasteiger partial charge in [0.15, 0.2) is 0 Å². The van der Waals surface area contributed by atoms with Crippen molar-refractivity contribution in [3.05, 3.63) is 33.5 Å². The third-order valence-electron chi connectivity index (χ3n) is 3.49. The highest BCUT2D eigenvalue weighted by Crippen LogP contribution is 2.27. The molecule has 0 aromatic carbocycles. The number of aryl methyl sites for hydroxylation is 1. The smallest absolute Gasteiger partial charge is 0.271 e. The molecule has 1 amide bonds. The van der Waals surface area contributed by atoms with Crippen LogP contribution >= 0.6 is 23.7 Å². The van der Waals surface area contributed by atoms with E-state index in [1.54, 1.807) is 5.38 Å². The number of nitrogens with one attached hydrogen (secondary N) is 2. The Hall–Kier alpha value is -1.44. The van der Waals surface area contributed by atoms with Crippen LogP contribution in [-0.2, 0) is 12.8 Å². The van der Waals surface area contributed by atoms with Crippen molar-refractivity contribution >= 4 is 29.7 Å². The summed E-state index contributed by atoms with van der Waals surface area (Å²) in [4.78, 5) is 16.5. The lowest BCUT2D eigenvalue weighted by Gasteiger charge is -2.22. The lowest BCUT2D eigenvalue weighted by Crippen LogP contribution is -2.31. The van der Waals surface area contributed by atoms with Crippen LogP contribution < -0.4 is 11.1 Å². The highest BCUT2D eigenvalue weighted by atomic mass is 35.5. The largest absolute Gasteiger partial charge is 0.342 e. The molecule has 0 saturated carbocycles. The van der Waals surface area contributed by atoms with Crippen LogP contribution in [0.3, 0.4) is 0 Å². The number of aromatic amines is 1. The number of hydrogen-bond acceptors (Lipinski definition) is 5. The van der Waals surface area contributed by atoms with Gasteiger partial charge < -0.3 is 11.1 Å². The average Bonchev–Trinajstić information content (AvgIpc) is 3.08. The van der Waals surface area contributed by atoms with Gasteiger partial charge in [-0.1, -0.05) is 0 Å². The van der Waals surface area contributed by atoms with Crippen molar-refractivity contribution < 1.29 is 4.79 Å². The van der Waals surface area contributed by atoms with Crippen molar-refractivity contribution in [2.45, 2.75) is 31.7 Å². The number of aromatic nitrogens is 3. The van der Waals surface area contributed by atoms with Crippen LogP contribution in [0, 0.1) is 0 Å².